The minimum Gasteiger partial charge on any atom is -0.495 e. The number of ether oxygens (including phenoxy) is 5. The lowest BCUT2D eigenvalue weighted by molar-refractivity contribution is -0.384. The van der Waals surface area contributed by atoms with Gasteiger partial charge in [0.15, 0.2) is 0 Å². The Hall–Kier alpha value is -6.00. The predicted molar refractivity (Wildman–Crippen MR) is 232 cm³/mol. The van der Waals surface area contributed by atoms with E-state index in [0.717, 1.165) is 5.56 Å². The lowest BCUT2D eigenvalue weighted by atomic mass is 9.82. The number of nitrogens with one attached hydrogen (secondary N) is 3. The van der Waals surface area contributed by atoms with Crippen molar-refractivity contribution >= 4 is 47.1 Å². The average Bonchev–Trinajstić information content (AvgIpc) is 4.02. The highest BCUT2D eigenvalue weighted by Gasteiger charge is 2.48. The molecule has 0 unspecified atom stereocenters. The Morgan fingerprint density at radius 2 is 1.63 bits per heavy atom. The molecule has 3 N–H and O–H groups in total. The van der Waals surface area contributed by atoms with Gasteiger partial charge in [-0.2, -0.15) is 0 Å². The molecular weight excluding hydrogens is 836 g/mol. The first-order valence-corrected chi connectivity index (χ1v) is 21.0. The van der Waals surface area contributed by atoms with Crippen molar-refractivity contribution in [3.05, 3.63) is 111 Å². The van der Waals surface area contributed by atoms with E-state index in [1.165, 1.54) is 37.5 Å². The first-order valence-electron chi connectivity index (χ1n) is 20.6. The predicted octanol–water partition coefficient (Wildman–Crippen LogP) is 7.10. The van der Waals surface area contributed by atoms with E-state index in [9.17, 15) is 34.1 Å². The van der Waals surface area contributed by atoms with Crippen LogP contribution in [0.3, 0.4) is 0 Å². The summed E-state index contributed by atoms with van der Waals surface area (Å²) in [5.74, 6) is -2.01. The third kappa shape index (κ3) is 13.3. The van der Waals surface area contributed by atoms with E-state index in [0.29, 0.717) is 21.9 Å². The summed E-state index contributed by atoms with van der Waals surface area (Å²) in [7, 11) is 1.49. The summed E-state index contributed by atoms with van der Waals surface area (Å²) in [5, 5.41) is 19.8. The summed E-state index contributed by atoms with van der Waals surface area (Å²) in [5.41, 5.74) is 0.414. The molecule has 7 atom stereocenters. The van der Waals surface area contributed by atoms with Crippen molar-refractivity contribution in [1.29, 1.82) is 0 Å². The quantitative estimate of drug-likeness (QED) is 0.0578. The number of hydrogen-bond acceptors (Lipinski definition) is 12. The van der Waals surface area contributed by atoms with E-state index in [4.69, 9.17) is 35.3 Å². The van der Waals surface area contributed by atoms with Gasteiger partial charge in [0.2, 0.25) is 17.7 Å². The van der Waals surface area contributed by atoms with Gasteiger partial charge < -0.3 is 39.6 Å². The number of hydrogen-bond donors (Lipinski definition) is 3. The molecule has 0 aromatic heterocycles. The van der Waals surface area contributed by atoms with Gasteiger partial charge in [-0.05, 0) is 79.6 Å². The summed E-state index contributed by atoms with van der Waals surface area (Å²) in [4.78, 5) is 77.9. The number of nitro benzene ring substituents is 1. The lowest BCUT2D eigenvalue weighted by Gasteiger charge is -2.35. The minimum atomic E-state index is -1.21. The van der Waals surface area contributed by atoms with E-state index >= 15 is 0 Å². The zero-order chi connectivity index (χ0) is 46.2. The number of carbonyl (C=O) groups excluding carboxylic acids is 5. The van der Waals surface area contributed by atoms with Crippen molar-refractivity contribution in [2.45, 2.75) is 111 Å². The van der Waals surface area contributed by atoms with Crippen molar-refractivity contribution in [1.82, 2.24) is 16.0 Å². The molecular formula is C46H55ClN4O12. The van der Waals surface area contributed by atoms with Crippen LogP contribution >= 0.6 is 11.6 Å². The van der Waals surface area contributed by atoms with E-state index in [1.54, 1.807) is 57.2 Å². The number of amides is 3. The van der Waals surface area contributed by atoms with E-state index in [2.05, 4.69) is 16.0 Å². The standard InChI is InChI=1S/C46H55ClN4O12/c1-26(39-40(63-39)30-15-12-28(13-16-30)25-60-44(56)61-32-19-17-31(18-20-32)51(57)58)36-10-9-11-38(52)49-34(23-29-14-21-37(59-8)33(47)22-29)41(53)48-27(2)46(6,7)43(55)50-35(42(54)62-36)24-45(3,4)5/h9,11-22,26-27,34-36,39-40H,10,23-25H2,1-8H3,(H,48,53)(H,49,52)(H,50,55)/b11-9+/t26-,27-,34+,35-,36-,39+,40+/m0/s1. The Balaban J connectivity index is 1.32. The summed E-state index contributed by atoms with van der Waals surface area (Å²) in [6, 6.07) is 14.5. The van der Waals surface area contributed by atoms with E-state index < -0.39 is 69.8 Å². The van der Waals surface area contributed by atoms with Gasteiger partial charge in [0.1, 0.15) is 42.4 Å². The SMILES string of the molecule is COc1ccc(C[C@H]2NC(=O)/C=C/C[C@@H]([C@H](C)[C@H]3O[C@@H]3c3ccc(COC(=O)Oc4ccc([N+](=O)[O-])cc4)cc3)OC(=O)[C@H](CC(C)(C)C)NC(=O)C(C)(C)[C@H](C)NC2=O)cc1Cl. The number of halogens is 1. The molecule has 63 heavy (non-hydrogen) atoms. The van der Waals surface area contributed by atoms with E-state index in [-0.39, 0.29) is 55.4 Å². The molecule has 16 nitrogen and oxygen atoms in total. The molecule has 2 aliphatic heterocycles. The highest BCUT2D eigenvalue weighted by molar-refractivity contribution is 6.32. The lowest BCUT2D eigenvalue weighted by Crippen LogP contribution is -2.58. The normalized spacial score (nSPS) is 24.1. The number of nitrogens with zero attached hydrogens (tertiary/aromatic N) is 1. The number of methoxy groups -OCH3 is 1. The largest absolute Gasteiger partial charge is 0.514 e. The molecule has 3 amide bonds. The summed E-state index contributed by atoms with van der Waals surface area (Å²) >= 11 is 6.38. The number of carbonyl (C=O) groups is 5. The Morgan fingerprint density at radius 1 is 0.968 bits per heavy atom. The third-order valence-corrected chi connectivity index (χ3v) is 11.5. The van der Waals surface area contributed by atoms with Crippen molar-refractivity contribution in [2.24, 2.45) is 16.7 Å². The second-order valence-electron chi connectivity index (χ2n) is 17.6. The number of benzene rings is 3. The van der Waals surface area contributed by atoms with Gasteiger partial charge in [0.05, 0.1) is 28.6 Å². The van der Waals surface area contributed by atoms with Crippen molar-refractivity contribution < 1.29 is 52.6 Å². The van der Waals surface area contributed by atoms with Gasteiger partial charge in [-0.1, -0.05) is 75.7 Å². The van der Waals surface area contributed by atoms with Crippen LogP contribution in [0.5, 0.6) is 11.5 Å². The van der Waals surface area contributed by atoms with Crippen LogP contribution in [-0.2, 0) is 46.4 Å². The van der Waals surface area contributed by atoms with Crippen LogP contribution in [0.1, 0.15) is 84.1 Å². The number of nitro groups is 1. The molecule has 0 bridgehead atoms. The molecule has 338 valence electrons. The van der Waals surface area contributed by atoms with Gasteiger partial charge >= 0.3 is 12.1 Å². The maximum Gasteiger partial charge on any atom is 0.514 e. The number of esters is 1. The zero-order valence-corrected chi connectivity index (χ0v) is 37.4. The van der Waals surface area contributed by atoms with Crippen LogP contribution in [0.25, 0.3) is 0 Å². The van der Waals surface area contributed by atoms with Gasteiger partial charge in [0, 0.05) is 36.9 Å². The topological polar surface area (TPSA) is 214 Å². The van der Waals surface area contributed by atoms with Gasteiger partial charge in [0.25, 0.3) is 5.69 Å². The smallest absolute Gasteiger partial charge is 0.495 e. The molecule has 2 aliphatic rings. The monoisotopic (exact) mass is 890 g/mol. The summed E-state index contributed by atoms with van der Waals surface area (Å²) < 4.78 is 27.9. The number of rotatable bonds is 11. The Labute approximate surface area is 371 Å². The summed E-state index contributed by atoms with van der Waals surface area (Å²) in [6.45, 7) is 12.7. The third-order valence-electron chi connectivity index (χ3n) is 11.2. The fraction of sp³-hybridized carbons (Fsp3) is 0.457. The van der Waals surface area contributed by atoms with Crippen molar-refractivity contribution in [3.8, 4) is 11.5 Å². The minimum absolute atomic E-state index is 0.0879. The number of non-ortho nitro benzene ring substituents is 1. The molecule has 1 fully saturated rings. The molecule has 5 rings (SSSR count). The van der Waals surface area contributed by atoms with Crippen LogP contribution < -0.4 is 25.4 Å². The second kappa shape index (κ2) is 20.5. The maximum absolute atomic E-state index is 14.1. The van der Waals surface area contributed by atoms with Gasteiger partial charge in [-0.3, -0.25) is 24.5 Å². The molecule has 0 saturated carbocycles. The second-order valence-corrected chi connectivity index (χ2v) is 18.0. The highest BCUT2D eigenvalue weighted by Crippen LogP contribution is 2.45. The Kier molecular flexibility index (Phi) is 15.6. The maximum atomic E-state index is 14.1. The first-order chi connectivity index (χ1) is 29.6. The van der Waals surface area contributed by atoms with Crippen LogP contribution in [0.15, 0.2) is 78.9 Å². The molecule has 0 radical (unpaired) electrons. The number of epoxide rings is 1. The molecule has 0 spiro atoms. The zero-order valence-electron chi connectivity index (χ0n) is 36.6. The highest BCUT2D eigenvalue weighted by atomic mass is 35.5. The van der Waals surface area contributed by atoms with Crippen molar-refractivity contribution in [3.63, 3.8) is 0 Å². The fourth-order valence-electron chi connectivity index (χ4n) is 6.96. The Bertz CT molecular complexity index is 2190. The molecule has 1 saturated heterocycles. The van der Waals surface area contributed by atoms with Crippen LogP contribution in [0.2, 0.25) is 5.02 Å². The van der Waals surface area contributed by atoms with E-state index in [1.807, 2.05) is 39.8 Å². The molecule has 3 aromatic rings. The molecule has 2 heterocycles. The van der Waals surface area contributed by atoms with Crippen LogP contribution in [0.4, 0.5) is 10.5 Å². The average molecular weight is 891 g/mol. The summed E-state index contributed by atoms with van der Waals surface area (Å²) in [6.07, 6.45) is 0.842. The number of cyclic esters (lactones) is 1. The molecule has 3 aromatic carbocycles. The first kappa shape index (κ1) is 48.0. The van der Waals surface area contributed by atoms with Gasteiger partial charge in [-0.15, -0.1) is 0 Å². The molecule has 0 aliphatic carbocycles. The fourth-order valence-corrected chi connectivity index (χ4v) is 7.24. The van der Waals surface area contributed by atoms with Crippen molar-refractivity contribution in [2.75, 3.05) is 7.11 Å². The Morgan fingerprint density at radius 3 is 2.25 bits per heavy atom. The van der Waals surface area contributed by atoms with Gasteiger partial charge in [-0.25, -0.2) is 9.59 Å². The molecule has 17 heteroatoms. The van der Waals surface area contributed by atoms with Crippen LogP contribution in [-0.4, -0.2) is 72.2 Å². The van der Waals surface area contributed by atoms with Crippen LogP contribution in [0, 0.1) is 26.9 Å².